The lowest BCUT2D eigenvalue weighted by molar-refractivity contribution is -0.139. The van der Waals surface area contributed by atoms with Crippen LogP contribution in [0.25, 0.3) is 0 Å². The van der Waals surface area contributed by atoms with Crippen LogP contribution in [0, 0.1) is 5.92 Å². The predicted octanol–water partition coefficient (Wildman–Crippen LogP) is 3.23. The van der Waals surface area contributed by atoms with Crippen LogP contribution in [0.1, 0.15) is 31.0 Å². The number of carbonyl (C=O) groups excluding carboxylic acids is 3. The molecule has 0 aliphatic carbocycles. The number of aliphatic hydroxyl groups excluding tert-OH is 1. The molecule has 1 heterocycles. The van der Waals surface area contributed by atoms with E-state index in [-0.39, 0.29) is 29.5 Å². The van der Waals surface area contributed by atoms with Crippen LogP contribution >= 0.6 is 0 Å². The van der Waals surface area contributed by atoms with Crippen molar-refractivity contribution in [2.75, 3.05) is 12.0 Å². The maximum absolute atomic E-state index is 13.0. The molecule has 1 aliphatic rings. The molecule has 1 unspecified atom stereocenters. The van der Waals surface area contributed by atoms with E-state index in [0.717, 1.165) is 0 Å². The van der Waals surface area contributed by atoms with E-state index in [0.29, 0.717) is 16.8 Å². The Bertz CT molecular complexity index is 1020. The first kappa shape index (κ1) is 21.1. The highest BCUT2D eigenvalue weighted by Gasteiger charge is 2.44. The van der Waals surface area contributed by atoms with E-state index in [2.05, 4.69) is 4.74 Å². The number of amides is 1. The van der Waals surface area contributed by atoms with Crippen LogP contribution in [0.2, 0.25) is 0 Å². The largest absolute Gasteiger partial charge is 0.508 e. The summed E-state index contributed by atoms with van der Waals surface area (Å²) in [6.07, 6.45) is 0.0846. The summed E-state index contributed by atoms with van der Waals surface area (Å²) >= 11 is 0. The van der Waals surface area contributed by atoms with Gasteiger partial charge in [0.05, 0.1) is 25.1 Å². The maximum Gasteiger partial charge on any atom is 0.309 e. The van der Waals surface area contributed by atoms with Crippen LogP contribution in [0.4, 0.5) is 5.69 Å². The normalized spacial score (nSPS) is 16.3. The van der Waals surface area contributed by atoms with Crippen molar-refractivity contribution >= 4 is 23.3 Å². The first-order valence-corrected chi connectivity index (χ1v) is 9.50. The topological polar surface area (TPSA) is 104 Å². The Morgan fingerprint density at radius 3 is 2.33 bits per heavy atom. The van der Waals surface area contributed by atoms with E-state index in [1.165, 1.54) is 24.1 Å². The van der Waals surface area contributed by atoms with Crippen molar-refractivity contribution in [2.45, 2.75) is 26.3 Å². The highest BCUT2D eigenvalue weighted by atomic mass is 16.5. The van der Waals surface area contributed by atoms with Gasteiger partial charge in [0.1, 0.15) is 5.75 Å². The van der Waals surface area contributed by atoms with Gasteiger partial charge in [0, 0.05) is 11.6 Å². The zero-order chi connectivity index (χ0) is 22.0. The van der Waals surface area contributed by atoms with Crippen LogP contribution in [0.3, 0.4) is 0 Å². The fraction of sp³-hybridized carbons (Fsp3) is 0.261. The maximum atomic E-state index is 13.0. The number of aromatic hydroxyl groups is 1. The summed E-state index contributed by atoms with van der Waals surface area (Å²) in [6, 6.07) is 12.0. The number of benzene rings is 2. The van der Waals surface area contributed by atoms with Crippen LogP contribution in [-0.2, 0) is 25.5 Å². The second kappa shape index (κ2) is 8.41. The molecule has 3 rings (SSSR count). The van der Waals surface area contributed by atoms with Crippen LogP contribution in [-0.4, -0.2) is 35.0 Å². The van der Waals surface area contributed by atoms with Gasteiger partial charge in [0.2, 0.25) is 0 Å². The number of hydrogen-bond acceptors (Lipinski definition) is 6. The molecule has 0 bridgehead atoms. The summed E-state index contributed by atoms with van der Waals surface area (Å²) in [5.41, 5.74) is 1.64. The molecule has 0 aromatic heterocycles. The lowest BCUT2D eigenvalue weighted by atomic mass is 9.91. The van der Waals surface area contributed by atoms with E-state index >= 15 is 0 Å². The monoisotopic (exact) mass is 409 g/mol. The van der Waals surface area contributed by atoms with Crippen molar-refractivity contribution < 1.29 is 29.3 Å². The number of rotatable bonds is 6. The molecule has 0 spiro atoms. The van der Waals surface area contributed by atoms with E-state index in [4.69, 9.17) is 0 Å². The first-order valence-electron chi connectivity index (χ1n) is 9.50. The summed E-state index contributed by atoms with van der Waals surface area (Å²) in [7, 11) is 1.31. The van der Waals surface area contributed by atoms with E-state index < -0.39 is 23.6 Å². The molecule has 1 amide bonds. The number of hydrogen-bond donors (Lipinski definition) is 2. The Balaban J connectivity index is 2.07. The Morgan fingerprint density at radius 1 is 1.10 bits per heavy atom. The molecule has 1 aliphatic heterocycles. The molecule has 2 aromatic carbocycles. The summed E-state index contributed by atoms with van der Waals surface area (Å²) in [5, 5.41) is 20.5. The van der Waals surface area contributed by atoms with Gasteiger partial charge in [-0.15, -0.1) is 0 Å². The van der Waals surface area contributed by atoms with Gasteiger partial charge < -0.3 is 14.9 Å². The molecule has 2 aromatic rings. The fourth-order valence-electron chi connectivity index (χ4n) is 3.46. The number of ketones is 1. The van der Waals surface area contributed by atoms with Crippen molar-refractivity contribution in [3.8, 4) is 5.75 Å². The summed E-state index contributed by atoms with van der Waals surface area (Å²) in [4.78, 5) is 38.6. The lowest BCUT2D eigenvalue weighted by Crippen LogP contribution is -2.31. The Labute approximate surface area is 174 Å². The molecule has 1 atom stereocenters. The molecule has 0 saturated carbocycles. The third-order valence-electron chi connectivity index (χ3n) is 4.97. The molecule has 7 nitrogen and oxygen atoms in total. The second-order valence-corrected chi connectivity index (χ2v) is 7.37. The minimum Gasteiger partial charge on any atom is -0.508 e. The molecule has 2 N–H and O–H groups in total. The van der Waals surface area contributed by atoms with Gasteiger partial charge in [-0.1, -0.05) is 38.1 Å². The van der Waals surface area contributed by atoms with E-state index in [1.54, 1.807) is 50.2 Å². The number of phenolic OH excluding ortho intramolecular Hbond substituents is 1. The number of nitrogens with zero attached hydrogens (tertiary/aromatic N) is 1. The second-order valence-electron chi connectivity index (χ2n) is 7.37. The highest BCUT2D eigenvalue weighted by molar-refractivity contribution is 6.16. The van der Waals surface area contributed by atoms with Gasteiger partial charge in [0.25, 0.3) is 5.91 Å². The Hall–Kier alpha value is -3.61. The van der Waals surface area contributed by atoms with Crippen molar-refractivity contribution in [3.05, 3.63) is 71.0 Å². The third-order valence-corrected chi connectivity index (χ3v) is 4.97. The van der Waals surface area contributed by atoms with Crippen LogP contribution in [0.15, 0.2) is 59.9 Å². The van der Waals surface area contributed by atoms with Crippen molar-refractivity contribution in [1.82, 2.24) is 0 Å². The van der Waals surface area contributed by atoms with E-state index in [1.807, 2.05) is 0 Å². The number of aliphatic hydroxyl groups is 1. The number of anilines is 1. The summed E-state index contributed by atoms with van der Waals surface area (Å²) < 4.78 is 4.66. The zero-order valence-electron chi connectivity index (χ0n) is 17.0. The molecule has 0 fully saturated rings. The average Bonchev–Trinajstić information content (AvgIpc) is 2.98. The van der Waals surface area contributed by atoms with E-state index in [9.17, 15) is 24.6 Å². The first-order chi connectivity index (χ1) is 14.2. The number of ether oxygens (including phenoxy) is 1. The van der Waals surface area contributed by atoms with Crippen LogP contribution < -0.4 is 4.90 Å². The van der Waals surface area contributed by atoms with Gasteiger partial charge in [-0.2, -0.15) is 0 Å². The van der Waals surface area contributed by atoms with Crippen LogP contribution in [0.5, 0.6) is 5.75 Å². The quantitative estimate of drug-likeness (QED) is 0.710. The molecule has 156 valence electrons. The number of phenols is 1. The highest BCUT2D eigenvalue weighted by Crippen LogP contribution is 2.42. The molecule has 7 heteroatoms. The number of methoxy groups -OCH3 is 1. The van der Waals surface area contributed by atoms with Gasteiger partial charge in [-0.3, -0.25) is 19.3 Å². The molecular weight excluding hydrogens is 386 g/mol. The van der Waals surface area contributed by atoms with Gasteiger partial charge in [-0.25, -0.2) is 0 Å². The Kier molecular flexibility index (Phi) is 5.91. The predicted molar refractivity (Wildman–Crippen MR) is 110 cm³/mol. The number of Topliss-reactive ketones (excluding diaryl/α,β-unsaturated/α-hetero) is 1. The zero-order valence-corrected chi connectivity index (χ0v) is 17.0. The van der Waals surface area contributed by atoms with Gasteiger partial charge >= 0.3 is 5.97 Å². The lowest BCUT2D eigenvalue weighted by Gasteiger charge is -2.27. The van der Waals surface area contributed by atoms with Gasteiger partial charge in [-0.05, 0) is 35.4 Å². The number of esters is 1. The van der Waals surface area contributed by atoms with Gasteiger partial charge in [0.15, 0.2) is 11.5 Å². The molecule has 30 heavy (non-hydrogen) atoms. The number of carbonyl (C=O) groups is 3. The third kappa shape index (κ3) is 3.91. The molecule has 0 radical (unpaired) electrons. The van der Waals surface area contributed by atoms with Crippen molar-refractivity contribution in [2.24, 2.45) is 5.92 Å². The SMILES string of the molecule is COC(=O)Cc1ccc(N2C(=O)C(O)=C(C(=O)C(C)C)C2c2cccc(O)c2)cc1. The Morgan fingerprint density at radius 2 is 1.77 bits per heavy atom. The summed E-state index contributed by atoms with van der Waals surface area (Å²) in [6.45, 7) is 3.38. The molecule has 0 saturated heterocycles. The smallest absolute Gasteiger partial charge is 0.309 e. The van der Waals surface area contributed by atoms with Crippen molar-refractivity contribution in [3.63, 3.8) is 0 Å². The molecular formula is C23H23NO6. The fourth-order valence-corrected chi connectivity index (χ4v) is 3.46. The standard InChI is InChI=1S/C23H23NO6/c1-13(2)21(27)19-20(15-5-4-6-17(25)12-15)24(23(29)22(19)28)16-9-7-14(8-10-16)11-18(26)30-3/h4-10,12-13,20,25,28H,11H2,1-3H3. The average molecular weight is 409 g/mol. The minimum atomic E-state index is -0.883. The minimum absolute atomic E-state index is 0.000706. The van der Waals surface area contributed by atoms with Crippen molar-refractivity contribution in [1.29, 1.82) is 0 Å². The summed E-state index contributed by atoms with van der Waals surface area (Å²) in [5.74, 6) is -2.48.